The van der Waals surface area contributed by atoms with E-state index in [4.69, 9.17) is 0 Å². The van der Waals surface area contributed by atoms with Gasteiger partial charge in [0.2, 0.25) is 5.95 Å². The van der Waals surface area contributed by atoms with Gasteiger partial charge in [0.05, 0.1) is 12.2 Å². The molecule has 0 aliphatic carbocycles. The highest BCUT2D eigenvalue weighted by molar-refractivity contribution is 7.99. The molecule has 0 aliphatic rings. The molecular weight excluding hydrogens is 452 g/mol. The minimum absolute atomic E-state index is 0.00496. The molecular formula is C28H42N6S. The third-order valence-corrected chi connectivity index (χ3v) is 6.62. The second-order valence-electron chi connectivity index (χ2n) is 9.25. The number of H-pyrrole nitrogens is 1. The van der Waals surface area contributed by atoms with E-state index in [1.807, 2.05) is 17.8 Å². The van der Waals surface area contributed by atoms with Gasteiger partial charge in [-0.3, -0.25) is 0 Å². The molecule has 6 nitrogen and oxygen atoms in total. The molecule has 2 aromatic heterocycles. The van der Waals surface area contributed by atoms with Crippen LogP contribution < -0.4 is 5.32 Å². The first-order valence-electron chi connectivity index (χ1n) is 12.5. The Bertz CT molecular complexity index is 957. The SMILES string of the molecule is CC(C)=CCC/C(C)=C/CC/C(C)=C/CC/C(C)=C/CSCC(Nc1ncccn1)c1cn[nH]n1. The number of thioether (sulfide) groups is 1. The van der Waals surface area contributed by atoms with E-state index in [9.17, 15) is 0 Å². The maximum Gasteiger partial charge on any atom is 0.223 e. The van der Waals surface area contributed by atoms with Gasteiger partial charge < -0.3 is 5.32 Å². The van der Waals surface area contributed by atoms with Crippen LogP contribution in [0.5, 0.6) is 0 Å². The molecule has 0 aromatic carbocycles. The molecule has 0 saturated carbocycles. The van der Waals surface area contributed by atoms with Crippen molar-refractivity contribution in [1.29, 1.82) is 0 Å². The zero-order valence-corrected chi connectivity index (χ0v) is 22.9. The van der Waals surface area contributed by atoms with Crippen LogP contribution in [0.3, 0.4) is 0 Å². The van der Waals surface area contributed by atoms with Gasteiger partial charge in [-0.05, 0) is 79.2 Å². The summed E-state index contributed by atoms with van der Waals surface area (Å²) in [7, 11) is 0. The number of nitrogens with one attached hydrogen (secondary N) is 2. The predicted molar refractivity (Wildman–Crippen MR) is 151 cm³/mol. The lowest BCUT2D eigenvalue weighted by Gasteiger charge is -2.15. The van der Waals surface area contributed by atoms with E-state index in [1.165, 1.54) is 28.7 Å². The standard InChI is InChI=1S/C28H42N6S/c1-22(2)10-6-11-23(3)12-7-13-24(4)14-8-15-25(5)16-19-35-21-27(26-20-31-34-33-26)32-28-29-17-9-18-30-28/h9-10,12,14,16-18,20,27H,6-8,11,13,15,19,21H2,1-5H3,(H,29,30,32)(H,31,33,34)/b23-12+,24-14+,25-16+. The van der Waals surface area contributed by atoms with Crippen molar-refractivity contribution in [2.24, 2.45) is 0 Å². The van der Waals surface area contributed by atoms with Gasteiger partial charge >= 0.3 is 0 Å². The molecule has 35 heavy (non-hydrogen) atoms. The number of allylic oxidation sites excluding steroid dienone is 7. The molecule has 7 heteroatoms. The Balaban J connectivity index is 1.68. The molecule has 0 amide bonds. The van der Waals surface area contributed by atoms with Crippen molar-refractivity contribution in [3.63, 3.8) is 0 Å². The largest absolute Gasteiger partial charge is 0.345 e. The average molecular weight is 495 g/mol. The highest BCUT2D eigenvalue weighted by Gasteiger charge is 2.15. The molecule has 2 rings (SSSR count). The molecule has 1 atom stereocenters. The molecule has 0 saturated heterocycles. The fourth-order valence-corrected chi connectivity index (χ4v) is 4.51. The Morgan fingerprint density at radius 2 is 1.49 bits per heavy atom. The van der Waals surface area contributed by atoms with Gasteiger partial charge in [0.25, 0.3) is 0 Å². The molecule has 2 N–H and O–H groups in total. The summed E-state index contributed by atoms with van der Waals surface area (Å²) in [5, 5.41) is 14.2. The second-order valence-corrected chi connectivity index (χ2v) is 10.3. The zero-order valence-electron chi connectivity index (χ0n) is 22.1. The van der Waals surface area contributed by atoms with E-state index in [0.29, 0.717) is 5.95 Å². The normalized spacial score (nSPS) is 13.6. The van der Waals surface area contributed by atoms with Crippen molar-refractivity contribution in [3.05, 3.63) is 76.9 Å². The van der Waals surface area contributed by atoms with Gasteiger partial charge in [0.1, 0.15) is 5.69 Å². The average Bonchev–Trinajstić information content (AvgIpc) is 3.36. The van der Waals surface area contributed by atoms with Gasteiger partial charge in [-0.2, -0.15) is 27.2 Å². The van der Waals surface area contributed by atoms with Crippen molar-refractivity contribution in [2.45, 2.75) is 79.2 Å². The minimum atomic E-state index is 0.00496. The van der Waals surface area contributed by atoms with Gasteiger partial charge in [-0.1, -0.05) is 46.6 Å². The Morgan fingerprint density at radius 1 is 0.886 bits per heavy atom. The van der Waals surface area contributed by atoms with Crippen LogP contribution in [0.25, 0.3) is 0 Å². The summed E-state index contributed by atoms with van der Waals surface area (Å²) < 4.78 is 0. The molecule has 0 bridgehead atoms. The van der Waals surface area contributed by atoms with E-state index in [0.717, 1.165) is 49.3 Å². The quantitative estimate of drug-likeness (QED) is 0.184. The molecule has 0 fully saturated rings. The van der Waals surface area contributed by atoms with Gasteiger partial charge in [-0.25, -0.2) is 9.97 Å². The number of aromatic amines is 1. The Hall–Kier alpha value is -2.67. The number of nitrogens with zero attached hydrogens (tertiary/aromatic N) is 4. The Morgan fingerprint density at radius 3 is 2.06 bits per heavy atom. The lowest BCUT2D eigenvalue weighted by Crippen LogP contribution is -2.16. The Labute approximate surface area is 215 Å². The molecule has 0 radical (unpaired) electrons. The van der Waals surface area contributed by atoms with Crippen molar-refractivity contribution in [3.8, 4) is 0 Å². The molecule has 0 spiro atoms. The molecule has 190 valence electrons. The van der Waals surface area contributed by atoms with E-state index in [2.05, 4.69) is 89.6 Å². The second kappa shape index (κ2) is 16.9. The summed E-state index contributed by atoms with van der Waals surface area (Å²) in [6.45, 7) is 11.1. The number of anilines is 1. The van der Waals surface area contributed by atoms with E-state index < -0.39 is 0 Å². The lowest BCUT2D eigenvalue weighted by atomic mass is 10.0. The monoisotopic (exact) mass is 494 g/mol. The van der Waals surface area contributed by atoms with Crippen LogP contribution in [-0.4, -0.2) is 36.9 Å². The van der Waals surface area contributed by atoms with Crippen LogP contribution in [0.15, 0.2) is 71.3 Å². The van der Waals surface area contributed by atoms with Crippen LogP contribution >= 0.6 is 11.8 Å². The van der Waals surface area contributed by atoms with Gasteiger partial charge in [0, 0.05) is 23.9 Å². The first kappa shape index (κ1) is 28.6. The van der Waals surface area contributed by atoms with E-state index in [1.54, 1.807) is 18.6 Å². The van der Waals surface area contributed by atoms with Gasteiger partial charge in [0.15, 0.2) is 0 Å². The van der Waals surface area contributed by atoms with E-state index >= 15 is 0 Å². The summed E-state index contributed by atoms with van der Waals surface area (Å²) in [5.41, 5.74) is 6.71. The first-order chi connectivity index (χ1) is 16.9. The number of aromatic nitrogens is 5. The minimum Gasteiger partial charge on any atom is -0.345 e. The van der Waals surface area contributed by atoms with Crippen molar-refractivity contribution in [1.82, 2.24) is 25.4 Å². The van der Waals surface area contributed by atoms with Crippen molar-refractivity contribution >= 4 is 17.7 Å². The van der Waals surface area contributed by atoms with Crippen molar-refractivity contribution in [2.75, 3.05) is 16.8 Å². The third-order valence-electron chi connectivity index (χ3n) is 5.65. The first-order valence-corrected chi connectivity index (χ1v) is 13.7. The maximum atomic E-state index is 4.26. The maximum absolute atomic E-state index is 4.26. The number of hydrogen-bond acceptors (Lipinski definition) is 6. The fourth-order valence-electron chi connectivity index (χ4n) is 3.48. The van der Waals surface area contributed by atoms with E-state index in [-0.39, 0.29) is 6.04 Å². The predicted octanol–water partition coefficient (Wildman–Crippen LogP) is 7.63. The fraction of sp³-hybridized carbons (Fsp3) is 0.500. The Kier molecular flexibility index (Phi) is 13.8. The van der Waals surface area contributed by atoms with Gasteiger partial charge in [-0.15, -0.1) is 0 Å². The van der Waals surface area contributed by atoms with Crippen LogP contribution in [0.2, 0.25) is 0 Å². The van der Waals surface area contributed by atoms with Crippen LogP contribution in [0.4, 0.5) is 5.95 Å². The molecule has 0 aliphatic heterocycles. The number of hydrogen-bond donors (Lipinski definition) is 2. The summed E-state index contributed by atoms with van der Waals surface area (Å²) in [6.07, 6.45) is 21.5. The smallest absolute Gasteiger partial charge is 0.223 e. The van der Waals surface area contributed by atoms with Crippen molar-refractivity contribution < 1.29 is 0 Å². The highest BCUT2D eigenvalue weighted by atomic mass is 32.2. The summed E-state index contributed by atoms with van der Waals surface area (Å²) in [5.74, 6) is 2.43. The summed E-state index contributed by atoms with van der Waals surface area (Å²) in [4.78, 5) is 8.53. The number of rotatable bonds is 16. The molecule has 1 unspecified atom stereocenters. The summed E-state index contributed by atoms with van der Waals surface area (Å²) in [6, 6.07) is 1.81. The summed E-state index contributed by atoms with van der Waals surface area (Å²) >= 11 is 1.87. The third kappa shape index (κ3) is 13.1. The molecule has 2 heterocycles. The molecule has 2 aromatic rings. The highest BCUT2D eigenvalue weighted by Crippen LogP contribution is 2.20. The van der Waals surface area contributed by atoms with Crippen LogP contribution in [0, 0.1) is 0 Å². The van der Waals surface area contributed by atoms with Crippen LogP contribution in [0.1, 0.15) is 84.9 Å². The topological polar surface area (TPSA) is 79.4 Å². The lowest BCUT2D eigenvalue weighted by molar-refractivity contribution is 0.813. The van der Waals surface area contributed by atoms with Crippen LogP contribution in [-0.2, 0) is 0 Å². The zero-order chi connectivity index (χ0) is 25.3.